The second-order valence-electron chi connectivity index (χ2n) is 6.13. The van der Waals surface area contributed by atoms with Crippen molar-refractivity contribution < 1.29 is 14.5 Å². The molecule has 0 unspecified atom stereocenters. The summed E-state index contributed by atoms with van der Waals surface area (Å²) >= 11 is 0. The van der Waals surface area contributed by atoms with Gasteiger partial charge in [0.05, 0.1) is 23.2 Å². The van der Waals surface area contributed by atoms with Gasteiger partial charge in [-0.05, 0) is 56.2 Å². The van der Waals surface area contributed by atoms with Gasteiger partial charge in [-0.3, -0.25) is 14.9 Å². The van der Waals surface area contributed by atoms with Gasteiger partial charge in [0.1, 0.15) is 5.75 Å². The first-order valence-electron chi connectivity index (χ1n) is 8.16. The molecule has 0 radical (unpaired) electrons. The van der Waals surface area contributed by atoms with Gasteiger partial charge in [-0.15, -0.1) is 0 Å². The minimum atomic E-state index is -0.780. The molecule has 1 amide bonds. The number of ether oxygens (including phenoxy) is 1. The number of nitro benzene ring substituents is 1. The van der Waals surface area contributed by atoms with Crippen molar-refractivity contribution in [1.82, 2.24) is 5.43 Å². The summed E-state index contributed by atoms with van der Waals surface area (Å²) in [6.07, 6.45) is 1.44. The number of hydrogen-bond acceptors (Lipinski definition) is 5. The van der Waals surface area contributed by atoms with Gasteiger partial charge in [0.15, 0.2) is 0 Å². The normalized spacial score (nSPS) is 11.3. The van der Waals surface area contributed by atoms with E-state index in [9.17, 15) is 14.9 Å². The number of hydrazone groups is 1. The minimum absolute atomic E-state index is 0.00261. The van der Waals surface area contributed by atoms with E-state index in [1.807, 2.05) is 31.2 Å². The van der Waals surface area contributed by atoms with E-state index in [1.54, 1.807) is 26.0 Å². The van der Waals surface area contributed by atoms with Crippen molar-refractivity contribution in [3.05, 3.63) is 69.8 Å². The van der Waals surface area contributed by atoms with Crippen LogP contribution < -0.4 is 10.2 Å². The molecule has 0 fully saturated rings. The number of rotatable bonds is 7. The fourth-order valence-corrected chi connectivity index (χ4v) is 2.25. The zero-order valence-electron chi connectivity index (χ0n) is 14.9. The van der Waals surface area contributed by atoms with Crippen LogP contribution in [0, 0.1) is 10.1 Å². The fraction of sp³-hybridized carbons (Fsp3) is 0.263. The first-order valence-corrected chi connectivity index (χ1v) is 8.16. The summed E-state index contributed by atoms with van der Waals surface area (Å²) in [5, 5.41) is 14.6. The lowest BCUT2D eigenvalue weighted by Crippen LogP contribution is -2.37. The van der Waals surface area contributed by atoms with Crippen LogP contribution in [0.1, 0.15) is 31.9 Å². The zero-order chi connectivity index (χ0) is 19.2. The van der Waals surface area contributed by atoms with Crippen LogP contribution in [0.3, 0.4) is 0 Å². The van der Waals surface area contributed by atoms with Crippen LogP contribution in [-0.2, 0) is 10.2 Å². The average Bonchev–Trinajstić information content (AvgIpc) is 2.62. The summed E-state index contributed by atoms with van der Waals surface area (Å²) in [5.41, 5.74) is 3.22. The van der Waals surface area contributed by atoms with Gasteiger partial charge >= 0.3 is 0 Å². The van der Waals surface area contributed by atoms with Crippen LogP contribution in [0.25, 0.3) is 0 Å². The third kappa shape index (κ3) is 4.66. The number of nitrogens with one attached hydrogen (secondary N) is 1. The van der Waals surface area contributed by atoms with Crippen molar-refractivity contribution >= 4 is 17.8 Å². The van der Waals surface area contributed by atoms with Crippen molar-refractivity contribution in [3.8, 4) is 5.75 Å². The molecule has 136 valence electrons. The highest BCUT2D eigenvalue weighted by atomic mass is 16.6. The van der Waals surface area contributed by atoms with Gasteiger partial charge in [-0.1, -0.05) is 12.1 Å². The standard InChI is InChI=1S/C19H21N3O4/c1-4-26-17-11-7-15(8-12-17)19(2,3)18(23)21-20-13-14-5-9-16(10-6-14)22(24)25/h5-13H,4H2,1-3H3,(H,21,23)/b20-13+. The largest absolute Gasteiger partial charge is 0.494 e. The Morgan fingerprint density at radius 3 is 2.35 bits per heavy atom. The summed E-state index contributed by atoms with van der Waals surface area (Å²) in [5.74, 6) is 0.489. The summed E-state index contributed by atoms with van der Waals surface area (Å²) in [6.45, 7) is 6.10. The predicted molar refractivity (Wildman–Crippen MR) is 99.5 cm³/mol. The molecular weight excluding hydrogens is 334 g/mol. The number of nitro groups is 1. The molecule has 0 aromatic heterocycles. The molecule has 1 N–H and O–H groups in total. The Labute approximate surface area is 151 Å². The van der Waals surface area contributed by atoms with Crippen LogP contribution in [0.15, 0.2) is 53.6 Å². The number of hydrogen-bond donors (Lipinski definition) is 1. The van der Waals surface area contributed by atoms with Crippen LogP contribution >= 0.6 is 0 Å². The summed E-state index contributed by atoms with van der Waals surface area (Å²) in [4.78, 5) is 22.6. The summed E-state index contributed by atoms with van der Waals surface area (Å²) < 4.78 is 5.40. The molecule has 0 bridgehead atoms. The van der Waals surface area contributed by atoms with Crippen molar-refractivity contribution in [2.45, 2.75) is 26.2 Å². The molecule has 0 heterocycles. The number of carbonyl (C=O) groups excluding carboxylic acids is 1. The highest BCUT2D eigenvalue weighted by molar-refractivity contribution is 5.88. The first-order chi connectivity index (χ1) is 12.3. The van der Waals surface area contributed by atoms with Gasteiger partial charge in [0.2, 0.25) is 5.91 Å². The molecule has 26 heavy (non-hydrogen) atoms. The third-order valence-electron chi connectivity index (χ3n) is 3.94. The second kappa shape index (κ2) is 8.24. The van der Waals surface area contributed by atoms with E-state index in [0.717, 1.165) is 11.3 Å². The monoisotopic (exact) mass is 355 g/mol. The zero-order valence-corrected chi connectivity index (χ0v) is 14.9. The smallest absolute Gasteiger partial charge is 0.269 e. The quantitative estimate of drug-likeness (QED) is 0.468. The van der Waals surface area contributed by atoms with Crippen LogP contribution in [-0.4, -0.2) is 23.7 Å². The van der Waals surface area contributed by atoms with E-state index < -0.39 is 10.3 Å². The molecule has 7 heteroatoms. The molecule has 0 aliphatic rings. The van der Waals surface area contributed by atoms with E-state index >= 15 is 0 Å². The fourth-order valence-electron chi connectivity index (χ4n) is 2.25. The maximum Gasteiger partial charge on any atom is 0.269 e. The number of non-ortho nitro benzene ring substituents is 1. The van der Waals surface area contributed by atoms with Crippen molar-refractivity contribution in [2.75, 3.05) is 6.61 Å². The lowest BCUT2D eigenvalue weighted by atomic mass is 9.84. The molecule has 7 nitrogen and oxygen atoms in total. The van der Waals surface area contributed by atoms with Gasteiger partial charge < -0.3 is 4.74 Å². The van der Waals surface area contributed by atoms with Crippen LogP contribution in [0.5, 0.6) is 5.75 Å². The Kier molecular flexibility index (Phi) is 6.06. The molecule has 0 saturated carbocycles. The van der Waals surface area contributed by atoms with Crippen LogP contribution in [0.4, 0.5) is 5.69 Å². The van der Waals surface area contributed by atoms with E-state index in [-0.39, 0.29) is 11.6 Å². The van der Waals surface area contributed by atoms with E-state index in [1.165, 1.54) is 18.3 Å². The highest BCUT2D eigenvalue weighted by Gasteiger charge is 2.29. The molecule has 0 aliphatic heterocycles. The van der Waals surface area contributed by atoms with Crippen molar-refractivity contribution in [2.24, 2.45) is 5.10 Å². The van der Waals surface area contributed by atoms with E-state index in [2.05, 4.69) is 10.5 Å². The Hall–Kier alpha value is -3.22. The van der Waals surface area contributed by atoms with E-state index in [0.29, 0.717) is 12.2 Å². The molecule has 0 saturated heterocycles. The van der Waals surface area contributed by atoms with Gasteiger partial charge in [-0.25, -0.2) is 5.43 Å². The molecule has 2 rings (SSSR count). The maximum atomic E-state index is 12.5. The highest BCUT2D eigenvalue weighted by Crippen LogP contribution is 2.25. The number of nitrogens with zero attached hydrogens (tertiary/aromatic N) is 2. The predicted octanol–water partition coefficient (Wildman–Crippen LogP) is 3.42. The maximum absolute atomic E-state index is 12.5. The van der Waals surface area contributed by atoms with Crippen LogP contribution in [0.2, 0.25) is 0 Å². The minimum Gasteiger partial charge on any atom is -0.494 e. The van der Waals surface area contributed by atoms with Gasteiger partial charge in [0.25, 0.3) is 5.69 Å². The van der Waals surface area contributed by atoms with E-state index in [4.69, 9.17) is 4.74 Å². The summed E-state index contributed by atoms with van der Waals surface area (Å²) in [7, 11) is 0. The third-order valence-corrected chi connectivity index (χ3v) is 3.94. The Bertz CT molecular complexity index is 797. The lowest BCUT2D eigenvalue weighted by Gasteiger charge is -2.23. The molecule has 0 atom stereocenters. The number of carbonyl (C=O) groups is 1. The molecular formula is C19H21N3O4. The molecule has 2 aromatic rings. The molecule has 0 aliphatic carbocycles. The SMILES string of the molecule is CCOc1ccc(C(C)(C)C(=O)N/N=C/c2ccc([N+](=O)[O-])cc2)cc1. The first kappa shape index (κ1) is 19.1. The molecule has 0 spiro atoms. The van der Waals surface area contributed by atoms with Gasteiger partial charge in [-0.2, -0.15) is 5.10 Å². The Morgan fingerprint density at radius 1 is 1.19 bits per heavy atom. The topological polar surface area (TPSA) is 93.8 Å². The van der Waals surface area contributed by atoms with Crippen molar-refractivity contribution in [3.63, 3.8) is 0 Å². The number of amides is 1. The van der Waals surface area contributed by atoms with Gasteiger partial charge in [0, 0.05) is 12.1 Å². The lowest BCUT2D eigenvalue weighted by molar-refractivity contribution is -0.384. The summed E-state index contributed by atoms with van der Waals surface area (Å²) in [6, 6.07) is 13.2. The Balaban J connectivity index is 2.01. The second-order valence-corrected chi connectivity index (χ2v) is 6.13. The average molecular weight is 355 g/mol. The molecule has 2 aromatic carbocycles. The number of benzene rings is 2. The van der Waals surface area contributed by atoms with Crippen molar-refractivity contribution in [1.29, 1.82) is 0 Å². The Morgan fingerprint density at radius 2 is 1.81 bits per heavy atom.